The average Bonchev–Trinajstić information content (AvgIpc) is 3.61. The first-order valence-electron chi connectivity index (χ1n) is 10.6. The molecule has 0 spiro atoms. The smallest absolute Gasteiger partial charge is 0.226 e. The highest BCUT2D eigenvalue weighted by molar-refractivity contribution is 5.28. The summed E-state index contributed by atoms with van der Waals surface area (Å²) >= 11 is 0. The van der Waals surface area contributed by atoms with Crippen molar-refractivity contribution in [2.24, 2.45) is 11.7 Å². The van der Waals surface area contributed by atoms with Crippen LogP contribution in [-0.4, -0.2) is 28.8 Å². The second-order valence-corrected chi connectivity index (χ2v) is 9.02. The van der Waals surface area contributed by atoms with Gasteiger partial charge in [0.15, 0.2) is 5.82 Å². The van der Waals surface area contributed by atoms with Gasteiger partial charge in [-0.3, -0.25) is 0 Å². The molecule has 0 bridgehead atoms. The monoisotopic (exact) mass is 366 g/mol. The van der Waals surface area contributed by atoms with Crippen LogP contribution in [0.25, 0.3) is 0 Å². The van der Waals surface area contributed by atoms with Crippen LogP contribution in [0.15, 0.2) is 34.9 Å². The summed E-state index contributed by atoms with van der Waals surface area (Å²) in [5.74, 6) is 3.07. The molecule has 5 heteroatoms. The summed E-state index contributed by atoms with van der Waals surface area (Å²) in [6, 6.07) is 11.8. The molecule has 3 aliphatic rings. The number of nitrogens with one attached hydrogen (secondary N) is 1. The van der Waals surface area contributed by atoms with Crippen LogP contribution in [0.1, 0.15) is 68.1 Å². The molecular formula is C22H30N4O. The van der Waals surface area contributed by atoms with Gasteiger partial charge in [0, 0.05) is 36.4 Å². The minimum atomic E-state index is 0.112. The van der Waals surface area contributed by atoms with E-state index in [0.29, 0.717) is 23.9 Å². The normalized spacial score (nSPS) is 31.6. The Bertz CT molecular complexity index is 762. The first kappa shape index (κ1) is 17.4. The molecule has 3 saturated carbocycles. The standard InChI is InChI=1S/C22H30N4O/c23-17-8-6-15(7-9-17)12-20-25-21(26-27-20)22(10-11-22)14-24-19-13-18(19)16-4-2-1-3-5-16/h1-5,15,17-19,24H,6-14,23H2/t15-,17-,18?,19?. The molecule has 3 fully saturated rings. The van der Waals surface area contributed by atoms with Crippen LogP contribution in [0.2, 0.25) is 0 Å². The Labute approximate surface area is 161 Å². The maximum atomic E-state index is 6.01. The number of aromatic nitrogens is 2. The molecule has 144 valence electrons. The maximum Gasteiger partial charge on any atom is 0.226 e. The van der Waals surface area contributed by atoms with Crippen molar-refractivity contribution in [3.63, 3.8) is 0 Å². The van der Waals surface area contributed by atoms with Gasteiger partial charge in [-0.05, 0) is 56.4 Å². The summed E-state index contributed by atoms with van der Waals surface area (Å²) in [6.07, 6.45) is 9.12. The lowest BCUT2D eigenvalue weighted by molar-refractivity contribution is 0.287. The fraction of sp³-hybridized carbons (Fsp3) is 0.636. The van der Waals surface area contributed by atoms with E-state index in [1.165, 1.54) is 37.7 Å². The SMILES string of the molecule is N[C@H]1CC[C@H](Cc2nc(C3(CNC4CC4c4ccccc4)CC3)no2)CC1. The Morgan fingerprint density at radius 1 is 1.11 bits per heavy atom. The van der Waals surface area contributed by atoms with Crippen molar-refractivity contribution < 1.29 is 4.52 Å². The quantitative estimate of drug-likeness (QED) is 0.786. The summed E-state index contributed by atoms with van der Waals surface area (Å²) in [4.78, 5) is 4.78. The predicted molar refractivity (Wildman–Crippen MR) is 104 cm³/mol. The number of hydrogen-bond acceptors (Lipinski definition) is 5. The molecule has 1 aromatic carbocycles. The van der Waals surface area contributed by atoms with Crippen LogP contribution in [0, 0.1) is 5.92 Å². The first-order valence-corrected chi connectivity index (χ1v) is 10.6. The van der Waals surface area contributed by atoms with E-state index in [1.54, 1.807) is 0 Å². The lowest BCUT2D eigenvalue weighted by Crippen LogP contribution is -2.30. The second-order valence-electron chi connectivity index (χ2n) is 9.02. The minimum absolute atomic E-state index is 0.112. The zero-order valence-corrected chi connectivity index (χ0v) is 15.9. The van der Waals surface area contributed by atoms with E-state index < -0.39 is 0 Å². The third-order valence-electron chi connectivity index (χ3n) is 6.87. The summed E-state index contributed by atoms with van der Waals surface area (Å²) < 4.78 is 5.61. The highest BCUT2D eigenvalue weighted by atomic mass is 16.5. The van der Waals surface area contributed by atoms with E-state index >= 15 is 0 Å². The fourth-order valence-electron chi connectivity index (χ4n) is 4.64. The van der Waals surface area contributed by atoms with E-state index in [4.69, 9.17) is 15.2 Å². The molecular weight excluding hydrogens is 336 g/mol. The van der Waals surface area contributed by atoms with Crippen molar-refractivity contribution in [1.82, 2.24) is 15.5 Å². The Morgan fingerprint density at radius 3 is 2.63 bits per heavy atom. The molecule has 3 aliphatic carbocycles. The number of nitrogens with zero attached hydrogens (tertiary/aromatic N) is 2. The third-order valence-corrected chi connectivity index (χ3v) is 6.87. The summed E-state index contributed by atoms with van der Waals surface area (Å²) in [5, 5.41) is 8.12. The van der Waals surface area contributed by atoms with Crippen molar-refractivity contribution in [3.8, 4) is 0 Å². The Kier molecular flexibility index (Phi) is 4.52. The number of rotatable bonds is 7. The molecule has 5 rings (SSSR count). The van der Waals surface area contributed by atoms with E-state index in [9.17, 15) is 0 Å². The third kappa shape index (κ3) is 3.81. The maximum absolute atomic E-state index is 6.01. The molecule has 1 aromatic heterocycles. The van der Waals surface area contributed by atoms with Gasteiger partial charge in [0.1, 0.15) is 0 Å². The van der Waals surface area contributed by atoms with E-state index in [-0.39, 0.29) is 5.41 Å². The van der Waals surface area contributed by atoms with E-state index in [0.717, 1.165) is 37.5 Å². The molecule has 0 aliphatic heterocycles. The zero-order chi connectivity index (χ0) is 18.3. The highest BCUT2D eigenvalue weighted by Gasteiger charge is 2.50. The number of benzene rings is 1. The fourth-order valence-corrected chi connectivity index (χ4v) is 4.64. The van der Waals surface area contributed by atoms with Crippen LogP contribution < -0.4 is 11.1 Å². The van der Waals surface area contributed by atoms with Crippen LogP contribution >= 0.6 is 0 Å². The molecule has 2 aromatic rings. The van der Waals surface area contributed by atoms with Gasteiger partial charge in [-0.2, -0.15) is 4.98 Å². The predicted octanol–water partition coefficient (Wildman–Crippen LogP) is 3.31. The van der Waals surface area contributed by atoms with E-state index in [1.807, 2.05) is 0 Å². The van der Waals surface area contributed by atoms with Crippen molar-refractivity contribution in [2.75, 3.05) is 6.54 Å². The van der Waals surface area contributed by atoms with Crippen molar-refractivity contribution in [2.45, 2.75) is 74.8 Å². The largest absolute Gasteiger partial charge is 0.339 e. The molecule has 27 heavy (non-hydrogen) atoms. The molecule has 0 amide bonds. The van der Waals surface area contributed by atoms with Gasteiger partial charge >= 0.3 is 0 Å². The van der Waals surface area contributed by atoms with Gasteiger partial charge in [0.2, 0.25) is 5.89 Å². The number of hydrogen-bond donors (Lipinski definition) is 2. The molecule has 0 saturated heterocycles. The second kappa shape index (κ2) is 7.02. The van der Waals surface area contributed by atoms with Crippen LogP contribution in [0.4, 0.5) is 0 Å². The van der Waals surface area contributed by atoms with Crippen molar-refractivity contribution >= 4 is 0 Å². The molecule has 3 N–H and O–H groups in total. The first-order chi connectivity index (χ1) is 13.2. The summed E-state index contributed by atoms with van der Waals surface area (Å²) in [5.41, 5.74) is 7.58. The van der Waals surface area contributed by atoms with Gasteiger partial charge in [-0.15, -0.1) is 0 Å². The van der Waals surface area contributed by atoms with Gasteiger partial charge in [0.05, 0.1) is 0 Å². The van der Waals surface area contributed by atoms with E-state index in [2.05, 4.69) is 40.8 Å². The molecule has 0 radical (unpaired) electrons. The molecule has 2 unspecified atom stereocenters. The average molecular weight is 367 g/mol. The summed E-state index contributed by atoms with van der Waals surface area (Å²) in [6.45, 7) is 0.970. The Morgan fingerprint density at radius 2 is 1.89 bits per heavy atom. The van der Waals surface area contributed by atoms with Gasteiger partial charge in [-0.25, -0.2) is 0 Å². The van der Waals surface area contributed by atoms with Crippen molar-refractivity contribution in [3.05, 3.63) is 47.6 Å². The minimum Gasteiger partial charge on any atom is -0.339 e. The summed E-state index contributed by atoms with van der Waals surface area (Å²) in [7, 11) is 0. The van der Waals surface area contributed by atoms with Gasteiger partial charge in [-0.1, -0.05) is 35.5 Å². The molecule has 2 atom stereocenters. The van der Waals surface area contributed by atoms with Crippen LogP contribution in [-0.2, 0) is 11.8 Å². The Hall–Kier alpha value is -1.72. The zero-order valence-electron chi connectivity index (χ0n) is 15.9. The van der Waals surface area contributed by atoms with Gasteiger partial charge in [0.25, 0.3) is 0 Å². The Balaban J connectivity index is 1.14. The lowest BCUT2D eigenvalue weighted by atomic mass is 9.84. The molecule has 5 nitrogen and oxygen atoms in total. The topological polar surface area (TPSA) is 77.0 Å². The molecule has 1 heterocycles. The van der Waals surface area contributed by atoms with Crippen molar-refractivity contribution in [1.29, 1.82) is 0 Å². The lowest BCUT2D eigenvalue weighted by Gasteiger charge is -2.24. The van der Waals surface area contributed by atoms with Crippen LogP contribution in [0.5, 0.6) is 0 Å². The van der Waals surface area contributed by atoms with Crippen LogP contribution in [0.3, 0.4) is 0 Å². The highest BCUT2D eigenvalue weighted by Crippen LogP contribution is 2.48. The van der Waals surface area contributed by atoms with Gasteiger partial charge < -0.3 is 15.6 Å². The number of nitrogens with two attached hydrogens (primary N) is 1.